The molecule has 10 heteroatoms. The zero-order valence-corrected chi connectivity index (χ0v) is 13.9. The average Bonchev–Trinajstić information content (AvgIpc) is 2.45. The first-order chi connectivity index (χ1) is 10.6. The summed E-state index contributed by atoms with van der Waals surface area (Å²) >= 11 is 5.70. The molecular weight excluding hydrogens is 356 g/mol. The van der Waals surface area contributed by atoms with Gasteiger partial charge in [-0.25, -0.2) is 8.42 Å². The van der Waals surface area contributed by atoms with Gasteiger partial charge >= 0.3 is 12.6 Å². The van der Waals surface area contributed by atoms with Gasteiger partial charge in [-0.05, 0) is 24.1 Å². The minimum atomic E-state index is -4.43. The fraction of sp³-hybridized carbons (Fsp3) is 0.462. The Morgan fingerprint density at radius 1 is 1.43 bits per heavy atom. The number of carbonyl (C=O) groups is 1. The number of ether oxygens (including phenoxy) is 1. The summed E-state index contributed by atoms with van der Waals surface area (Å²) in [4.78, 5) is 10.6. The van der Waals surface area contributed by atoms with Crippen molar-refractivity contribution in [2.24, 2.45) is 5.92 Å². The van der Waals surface area contributed by atoms with Gasteiger partial charge in [0, 0.05) is 5.02 Å². The highest BCUT2D eigenvalue weighted by Crippen LogP contribution is 2.29. The van der Waals surface area contributed by atoms with Gasteiger partial charge in [0.25, 0.3) is 0 Å². The predicted molar refractivity (Wildman–Crippen MR) is 79.3 cm³/mol. The standard InChI is InChI=1S/C13H16ClF2NO5S/c1-3-7(2)11(12(18)19)17-23(20,21)10-6-8(14)4-5-9(10)22-13(15)16/h4-7,11,13,17H,3H2,1-2H3,(H,18,19)/t7-,11-/m0/s1. The van der Waals surface area contributed by atoms with Crippen LogP contribution in [-0.4, -0.2) is 32.1 Å². The number of hydrogen-bond donors (Lipinski definition) is 2. The number of nitrogens with one attached hydrogen (secondary N) is 1. The third-order valence-corrected chi connectivity index (χ3v) is 4.87. The number of benzene rings is 1. The highest BCUT2D eigenvalue weighted by Gasteiger charge is 2.31. The number of hydrogen-bond acceptors (Lipinski definition) is 4. The maximum absolute atomic E-state index is 12.4. The predicted octanol–water partition coefficient (Wildman–Crippen LogP) is 2.72. The van der Waals surface area contributed by atoms with Gasteiger partial charge in [0.2, 0.25) is 10.0 Å². The van der Waals surface area contributed by atoms with Gasteiger partial charge in [-0.2, -0.15) is 13.5 Å². The molecule has 0 heterocycles. The lowest BCUT2D eigenvalue weighted by atomic mass is 10.0. The summed E-state index contributed by atoms with van der Waals surface area (Å²) < 4.78 is 55.7. The summed E-state index contributed by atoms with van der Waals surface area (Å²) in [6.45, 7) is 0.00473. The Morgan fingerprint density at radius 2 is 2.04 bits per heavy atom. The first-order valence-electron chi connectivity index (χ1n) is 6.58. The molecule has 0 aliphatic carbocycles. The van der Waals surface area contributed by atoms with E-state index in [0.29, 0.717) is 6.42 Å². The SMILES string of the molecule is CC[C@H](C)[C@H](NS(=O)(=O)c1cc(Cl)ccc1OC(F)F)C(=O)O. The summed E-state index contributed by atoms with van der Waals surface area (Å²) in [7, 11) is -4.43. The van der Waals surface area contributed by atoms with Gasteiger partial charge in [-0.1, -0.05) is 31.9 Å². The monoisotopic (exact) mass is 371 g/mol. The van der Waals surface area contributed by atoms with Crippen LogP contribution in [0.2, 0.25) is 5.02 Å². The molecule has 130 valence electrons. The van der Waals surface area contributed by atoms with Crippen LogP contribution in [0.15, 0.2) is 23.1 Å². The molecule has 23 heavy (non-hydrogen) atoms. The van der Waals surface area contributed by atoms with E-state index in [1.807, 2.05) is 4.72 Å². The second kappa shape index (κ2) is 7.89. The van der Waals surface area contributed by atoms with Crippen LogP contribution >= 0.6 is 11.6 Å². The van der Waals surface area contributed by atoms with Crippen molar-refractivity contribution < 1.29 is 31.8 Å². The number of halogens is 3. The highest BCUT2D eigenvalue weighted by molar-refractivity contribution is 7.89. The van der Waals surface area contributed by atoms with Crippen molar-refractivity contribution in [2.45, 2.75) is 37.8 Å². The normalized spacial score (nSPS) is 14.5. The Bertz CT molecular complexity index is 668. The van der Waals surface area contributed by atoms with Crippen molar-refractivity contribution in [1.29, 1.82) is 0 Å². The molecule has 6 nitrogen and oxygen atoms in total. The minimum absolute atomic E-state index is 0.0255. The number of alkyl halides is 2. The van der Waals surface area contributed by atoms with Gasteiger partial charge in [0.1, 0.15) is 16.7 Å². The molecule has 0 unspecified atom stereocenters. The van der Waals surface area contributed by atoms with E-state index in [-0.39, 0.29) is 5.02 Å². The second-order valence-electron chi connectivity index (χ2n) is 4.79. The molecular formula is C13H16ClF2NO5S. The molecule has 0 spiro atoms. The molecule has 0 aromatic heterocycles. The molecule has 0 aliphatic heterocycles. The van der Waals surface area contributed by atoms with Crippen molar-refractivity contribution in [2.75, 3.05) is 0 Å². The maximum atomic E-state index is 12.4. The van der Waals surface area contributed by atoms with Crippen LogP contribution < -0.4 is 9.46 Å². The molecule has 2 N–H and O–H groups in total. The molecule has 2 atom stereocenters. The van der Waals surface area contributed by atoms with Gasteiger partial charge in [-0.15, -0.1) is 0 Å². The van der Waals surface area contributed by atoms with Gasteiger partial charge < -0.3 is 9.84 Å². The van der Waals surface area contributed by atoms with Crippen LogP contribution in [0.25, 0.3) is 0 Å². The average molecular weight is 372 g/mol. The number of carboxylic acids is 1. The van der Waals surface area contributed by atoms with Gasteiger partial charge in [0.15, 0.2) is 0 Å². The zero-order chi connectivity index (χ0) is 17.8. The van der Waals surface area contributed by atoms with Crippen LogP contribution in [0.4, 0.5) is 8.78 Å². The molecule has 0 bridgehead atoms. The van der Waals surface area contributed by atoms with Gasteiger partial charge in [0.05, 0.1) is 0 Å². The number of carboxylic acid groups (broad SMARTS) is 1. The van der Waals surface area contributed by atoms with Crippen LogP contribution in [0, 0.1) is 5.92 Å². The molecule has 0 saturated carbocycles. The lowest BCUT2D eigenvalue weighted by Gasteiger charge is -2.21. The first-order valence-corrected chi connectivity index (χ1v) is 8.44. The van der Waals surface area contributed by atoms with E-state index in [4.69, 9.17) is 16.7 Å². The van der Waals surface area contributed by atoms with Crippen molar-refractivity contribution in [3.8, 4) is 5.75 Å². The quantitative estimate of drug-likeness (QED) is 0.733. The van der Waals surface area contributed by atoms with E-state index in [0.717, 1.165) is 12.1 Å². The Morgan fingerprint density at radius 3 is 2.52 bits per heavy atom. The van der Waals surface area contributed by atoms with E-state index in [2.05, 4.69) is 4.74 Å². The summed E-state index contributed by atoms with van der Waals surface area (Å²) in [6.07, 6.45) is 0.398. The number of aliphatic carboxylic acids is 1. The minimum Gasteiger partial charge on any atom is -0.480 e. The second-order valence-corrected chi connectivity index (χ2v) is 6.91. The highest BCUT2D eigenvalue weighted by atomic mass is 35.5. The third-order valence-electron chi connectivity index (χ3n) is 3.17. The molecule has 1 aromatic carbocycles. The van der Waals surface area contributed by atoms with E-state index >= 15 is 0 Å². The lowest BCUT2D eigenvalue weighted by Crippen LogP contribution is -2.45. The molecule has 0 radical (unpaired) electrons. The van der Waals surface area contributed by atoms with Crippen LogP contribution in [0.5, 0.6) is 5.75 Å². The van der Waals surface area contributed by atoms with Crippen LogP contribution in [0.1, 0.15) is 20.3 Å². The lowest BCUT2D eigenvalue weighted by molar-refractivity contribution is -0.140. The van der Waals surface area contributed by atoms with Crippen molar-refractivity contribution in [3.63, 3.8) is 0 Å². The fourth-order valence-corrected chi connectivity index (χ4v) is 3.46. The van der Waals surface area contributed by atoms with Crippen LogP contribution in [0.3, 0.4) is 0 Å². The summed E-state index contributed by atoms with van der Waals surface area (Å²) in [5.74, 6) is -2.51. The topological polar surface area (TPSA) is 92.7 Å². The van der Waals surface area contributed by atoms with Crippen molar-refractivity contribution in [3.05, 3.63) is 23.2 Å². The van der Waals surface area contributed by atoms with E-state index in [1.54, 1.807) is 13.8 Å². The molecule has 1 rings (SSSR count). The Balaban J connectivity index is 3.26. The third kappa shape index (κ3) is 5.29. The first kappa shape index (κ1) is 19.6. The van der Waals surface area contributed by atoms with Crippen LogP contribution in [-0.2, 0) is 14.8 Å². The summed E-state index contributed by atoms with van der Waals surface area (Å²) in [6, 6.07) is 1.66. The van der Waals surface area contributed by atoms with E-state index in [9.17, 15) is 22.0 Å². The summed E-state index contributed by atoms with van der Waals surface area (Å²) in [5.41, 5.74) is 0. The molecule has 0 aliphatic rings. The molecule has 0 saturated heterocycles. The van der Waals surface area contributed by atoms with E-state index < -0.39 is 45.2 Å². The zero-order valence-electron chi connectivity index (χ0n) is 12.3. The van der Waals surface area contributed by atoms with Gasteiger partial charge in [-0.3, -0.25) is 4.79 Å². The molecule has 0 fully saturated rings. The summed E-state index contributed by atoms with van der Waals surface area (Å²) in [5, 5.41) is 9.12. The van der Waals surface area contributed by atoms with E-state index in [1.165, 1.54) is 6.07 Å². The smallest absolute Gasteiger partial charge is 0.387 e. The molecule has 0 amide bonds. The molecule has 1 aromatic rings. The largest absolute Gasteiger partial charge is 0.480 e. The maximum Gasteiger partial charge on any atom is 0.387 e. The number of sulfonamides is 1. The fourth-order valence-electron chi connectivity index (χ4n) is 1.76. The van der Waals surface area contributed by atoms with Crippen molar-refractivity contribution >= 4 is 27.6 Å². The Hall–Kier alpha value is -1.45. The Labute approximate surface area is 137 Å². The number of rotatable bonds is 8. The Kier molecular flexibility index (Phi) is 6.72. The van der Waals surface area contributed by atoms with Crippen molar-refractivity contribution in [1.82, 2.24) is 4.72 Å².